The second kappa shape index (κ2) is 8.70. The third-order valence-corrected chi connectivity index (χ3v) is 4.10. The summed E-state index contributed by atoms with van der Waals surface area (Å²) in [5.41, 5.74) is 2.59. The largest absolute Gasteiger partial charge is 0.382 e. The van der Waals surface area contributed by atoms with Crippen LogP contribution in [0.2, 0.25) is 0 Å². The maximum atomic E-state index is 11.8. The number of para-hydroxylation sites is 2. The van der Waals surface area contributed by atoms with Crippen molar-refractivity contribution in [2.24, 2.45) is 0 Å². The molecule has 0 fully saturated rings. The monoisotopic (exact) mass is 319 g/mol. The molecule has 2 rings (SSSR count). The van der Waals surface area contributed by atoms with Crippen molar-refractivity contribution < 1.29 is 9.53 Å². The highest BCUT2D eigenvalue weighted by molar-refractivity contribution is 7.99. The number of thioether (sulfide) groups is 1. The van der Waals surface area contributed by atoms with Gasteiger partial charge in [0.15, 0.2) is 0 Å². The summed E-state index contributed by atoms with van der Waals surface area (Å²) in [4.78, 5) is 20.9. The van der Waals surface area contributed by atoms with Crippen molar-refractivity contribution in [2.75, 3.05) is 25.5 Å². The molecule has 0 atom stereocenters. The van der Waals surface area contributed by atoms with E-state index in [-0.39, 0.29) is 5.91 Å². The first kappa shape index (κ1) is 16.7. The smallest absolute Gasteiger partial charge is 0.230 e. The number of rotatable bonds is 8. The molecule has 0 aliphatic carbocycles. The average molecular weight is 319 g/mol. The van der Waals surface area contributed by atoms with E-state index >= 15 is 0 Å². The van der Waals surface area contributed by atoms with Gasteiger partial charge in [0.2, 0.25) is 5.91 Å². The third kappa shape index (κ3) is 4.96. The molecule has 22 heavy (non-hydrogen) atoms. The van der Waals surface area contributed by atoms with E-state index in [1.807, 2.05) is 38.1 Å². The van der Waals surface area contributed by atoms with Crippen LogP contribution in [0.15, 0.2) is 29.3 Å². The van der Waals surface area contributed by atoms with Crippen molar-refractivity contribution in [3.63, 3.8) is 0 Å². The van der Waals surface area contributed by atoms with Crippen LogP contribution in [-0.2, 0) is 9.53 Å². The number of aryl methyl sites for hydroxylation is 1. The number of hydrogen-bond acceptors (Lipinski definition) is 5. The third-order valence-electron chi connectivity index (χ3n) is 3.03. The fraction of sp³-hybridized carbons (Fsp3) is 0.438. The Hall–Kier alpha value is -1.66. The van der Waals surface area contributed by atoms with Crippen molar-refractivity contribution in [1.29, 1.82) is 0 Å². The molecule has 6 heteroatoms. The first-order valence-corrected chi connectivity index (χ1v) is 8.40. The van der Waals surface area contributed by atoms with Crippen molar-refractivity contribution in [3.8, 4) is 0 Å². The zero-order valence-corrected chi connectivity index (χ0v) is 13.8. The molecule has 1 aromatic heterocycles. The van der Waals surface area contributed by atoms with E-state index in [1.54, 1.807) is 0 Å². The minimum Gasteiger partial charge on any atom is -0.382 e. The predicted octanol–water partition coefficient (Wildman–Crippen LogP) is 2.57. The maximum Gasteiger partial charge on any atom is 0.230 e. The van der Waals surface area contributed by atoms with Crippen molar-refractivity contribution in [1.82, 2.24) is 15.3 Å². The normalized spacial score (nSPS) is 10.8. The first-order valence-electron chi connectivity index (χ1n) is 7.41. The highest BCUT2D eigenvalue weighted by Crippen LogP contribution is 2.21. The lowest BCUT2D eigenvalue weighted by Gasteiger charge is -2.07. The molecule has 5 nitrogen and oxygen atoms in total. The lowest BCUT2D eigenvalue weighted by molar-refractivity contribution is -0.118. The quantitative estimate of drug-likeness (QED) is 0.598. The number of benzene rings is 1. The summed E-state index contributed by atoms with van der Waals surface area (Å²) in [6.07, 6.45) is 0.832. The number of fused-ring (bicyclic) bond motifs is 1. The molecule has 1 N–H and O–H groups in total. The van der Waals surface area contributed by atoms with Gasteiger partial charge in [0.25, 0.3) is 0 Å². The Morgan fingerprint density at radius 2 is 2.00 bits per heavy atom. The predicted molar refractivity (Wildman–Crippen MR) is 89.1 cm³/mol. The van der Waals surface area contributed by atoms with Gasteiger partial charge in [0, 0.05) is 19.8 Å². The standard InChI is InChI=1S/C16H21N3O2S/c1-3-21-10-6-9-17-15(20)11-22-16-12(2)18-13-7-4-5-8-14(13)19-16/h4-5,7-8H,3,6,9-11H2,1-2H3,(H,17,20). The van der Waals surface area contributed by atoms with Gasteiger partial charge < -0.3 is 10.1 Å². The summed E-state index contributed by atoms with van der Waals surface area (Å²) in [7, 11) is 0. The van der Waals surface area contributed by atoms with Gasteiger partial charge in [-0.15, -0.1) is 0 Å². The Labute approximate surface area is 134 Å². The molecule has 1 aromatic carbocycles. The average Bonchev–Trinajstić information content (AvgIpc) is 2.52. The van der Waals surface area contributed by atoms with E-state index in [2.05, 4.69) is 15.3 Å². The van der Waals surface area contributed by atoms with Crippen LogP contribution in [0.5, 0.6) is 0 Å². The zero-order chi connectivity index (χ0) is 15.8. The van der Waals surface area contributed by atoms with Crippen LogP contribution in [0, 0.1) is 6.92 Å². The van der Waals surface area contributed by atoms with E-state index in [9.17, 15) is 4.79 Å². The molecular formula is C16H21N3O2S. The van der Waals surface area contributed by atoms with Crippen LogP contribution in [0.1, 0.15) is 19.0 Å². The molecule has 0 saturated heterocycles. The van der Waals surface area contributed by atoms with Crippen molar-refractivity contribution >= 4 is 28.7 Å². The maximum absolute atomic E-state index is 11.8. The fourth-order valence-corrected chi connectivity index (χ4v) is 2.73. The van der Waals surface area contributed by atoms with E-state index in [1.165, 1.54) is 11.8 Å². The Morgan fingerprint density at radius 3 is 2.73 bits per heavy atom. The van der Waals surface area contributed by atoms with Crippen molar-refractivity contribution in [3.05, 3.63) is 30.0 Å². The number of carbonyl (C=O) groups is 1. The lowest BCUT2D eigenvalue weighted by Crippen LogP contribution is -2.27. The van der Waals surface area contributed by atoms with Gasteiger partial charge in [0.1, 0.15) is 5.03 Å². The minimum atomic E-state index is 0.0101. The number of ether oxygens (including phenoxy) is 1. The zero-order valence-electron chi connectivity index (χ0n) is 13.0. The summed E-state index contributed by atoms with van der Waals surface area (Å²) in [5.74, 6) is 0.360. The first-order chi connectivity index (χ1) is 10.7. The molecule has 1 heterocycles. The summed E-state index contributed by atoms with van der Waals surface area (Å²) < 4.78 is 5.23. The molecule has 0 unspecified atom stereocenters. The molecule has 0 aliphatic rings. The van der Waals surface area contributed by atoms with E-state index in [0.717, 1.165) is 28.2 Å². The van der Waals surface area contributed by atoms with Crippen LogP contribution in [-0.4, -0.2) is 41.4 Å². The van der Waals surface area contributed by atoms with Gasteiger partial charge in [0.05, 0.1) is 22.5 Å². The van der Waals surface area contributed by atoms with Gasteiger partial charge in [-0.3, -0.25) is 4.79 Å². The highest BCUT2D eigenvalue weighted by Gasteiger charge is 2.08. The number of amides is 1. The molecule has 1 amide bonds. The van der Waals surface area contributed by atoms with Gasteiger partial charge >= 0.3 is 0 Å². The Bertz CT molecular complexity index is 634. The number of nitrogens with one attached hydrogen (secondary N) is 1. The number of hydrogen-bond donors (Lipinski definition) is 1. The van der Waals surface area contributed by atoms with Crippen LogP contribution < -0.4 is 5.32 Å². The molecule has 0 radical (unpaired) electrons. The van der Waals surface area contributed by atoms with Gasteiger partial charge in [-0.05, 0) is 32.4 Å². The van der Waals surface area contributed by atoms with Gasteiger partial charge in [-0.2, -0.15) is 0 Å². The Kier molecular flexibility index (Phi) is 6.61. The summed E-state index contributed by atoms with van der Waals surface area (Å²) in [6.45, 7) is 5.91. The number of carbonyl (C=O) groups excluding carboxylic acids is 1. The molecule has 2 aromatic rings. The number of aromatic nitrogens is 2. The molecule has 118 valence electrons. The Morgan fingerprint density at radius 1 is 1.27 bits per heavy atom. The Balaban J connectivity index is 1.83. The van der Waals surface area contributed by atoms with E-state index < -0.39 is 0 Å². The molecule has 0 saturated carbocycles. The number of nitrogens with zero attached hydrogens (tertiary/aromatic N) is 2. The van der Waals surface area contributed by atoms with Crippen LogP contribution in [0.25, 0.3) is 11.0 Å². The van der Waals surface area contributed by atoms with Crippen molar-refractivity contribution in [2.45, 2.75) is 25.3 Å². The lowest BCUT2D eigenvalue weighted by atomic mass is 10.3. The topological polar surface area (TPSA) is 64.1 Å². The van der Waals surface area contributed by atoms with E-state index in [4.69, 9.17) is 4.74 Å². The summed E-state index contributed by atoms with van der Waals surface area (Å²) in [6, 6.07) is 7.75. The van der Waals surface area contributed by atoms with Crippen LogP contribution >= 0.6 is 11.8 Å². The van der Waals surface area contributed by atoms with Gasteiger partial charge in [-0.1, -0.05) is 23.9 Å². The molecular weight excluding hydrogens is 298 g/mol. The fourth-order valence-electron chi connectivity index (χ4n) is 1.94. The van der Waals surface area contributed by atoms with Crippen LogP contribution in [0.4, 0.5) is 0 Å². The van der Waals surface area contributed by atoms with Gasteiger partial charge in [-0.25, -0.2) is 9.97 Å². The summed E-state index contributed by atoms with van der Waals surface area (Å²) in [5, 5.41) is 3.69. The second-order valence-electron chi connectivity index (χ2n) is 4.79. The summed E-state index contributed by atoms with van der Waals surface area (Å²) >= 11 is 1.42. The second-order valence-corrected chi connectivity index (χ2v) is 5.76. The SMILES string of the molecule is CCOCCCNC(=O)CSc1nc2ccccc2nc1C. The van der Waals surface area contributed by atoms with E-state index in [0.29, 0.717) is 25.5 Å². The molecule has 0 spiro atoms. The molecule has 0 aliphatic heterocycles. The highest BCUT2D eigenvalue weighted by atomic mass is 32.2. The minimum absolute atomic E-state index is 0.0101. The molecule has 0 bridgehead atoms. The van der Waals surface area contributed by atoms with Crippen LogP contribution in [0.3, 0.4) is 0 Å².